The summed E-state index contributed by atoms with van der Waals surface area (Å²) in [6.45, 7) is 6.83. The molecule has 0 aliphatic heterocycles. The van der Waals surface area contributed by atoms with Crippen LogP contribution in [0.3, 0.4) is 0 Å². The molecule has 0 saturated heterocycles. The summed E-state index contributed by atoms with van der Waals surface area (Å²) >= 11 is 0. The summed E-state index contributed by atoms with van der Waals surface area (Å²) in [4.78, 5) is 33.0. The van der Waals surface area contributed by atoms with Crippen molar-refractivity contribution in [2.45, 2.75) is 45.6 Å². The average molecular weight is 326 g/mol. The minimum Gasteiger partial charge on any atom is -1.00 e. The maximum atomic E-state index is 11.3. The molecule has 116 valence electrons. The molecular formula is C14H23KO6. The van der Waals surface area contributed by atoms with Crippen LogP contribution >= 0.6 is 0 Å². The first-order valence-corrected chi connectivity index (χ1v) is 6.57. The maximum absolute atomic E-state index is 11.3. The van der Waals surface area contributed by atoms with Crippen molar-refractivity contribution in [2.24, 2.45) is 11.8 Å². The molecule has 0 radical (unpaired) electrons. The third kappa shape index (κ3) is 10.2. The Labute approximate surface area is 168 Å². The Kier molecular flexibility index (Phi) is 13.6. The average Bonchev–Trinajstić information content (AvgIpc) is 2.35. The molecule has 0 spiro atoms. The van der Waals surface area contributed by atoms with E-state index in [1.165, 1.54) is 0 Å². The fraction of sp³-hybridized carbons (Fsp3) is 0.643. The second-order valence-corrected chi connectivity index (χ2v) is 4.93. The molecule has 7 heteroatoms. The molecule has 0 heterocycles. The summed E-state index contributed by atoms with van der Waals surface area (Å²) in [5.41, 5.74) is 0. The van der Waals surface area contributed by atoms with E-state index in [0.717, 1.165) is 6.08 Å². The number of esters is 1. The SMILES string of the molecule is C=CC(=O)OC(C(C)C)C(CCCCC(=O)O)C(=O)O.[H-].[K+]. The largest absolute Gasteiger partial charge is 1.00 e. The molecule has 2 unspecified atom stereocenters. The number of unbranched alkanes of at least 4 members (excludes halogenated alkanes) is 1. The molecule has 0 aliphatic carbocycles. The Morgan fingerprint density at radius 2 is 1.81 bits per heavy atom. The van der Waals surface area contributed by atoms with E-state index in [9.17, 15) is 19.5 Å². The molecule has 21 heavy (non-hydrogen) atoms. The minimum absolute atomic E-state index is 0. The van der Waals surface area contributed by atoms with Crippen molar-refractivity contribution in [3.8, 4) is 0 Å². The summed E-state index contributed by atoms with van der Waals surface area (Å²) in [6, 6.07) is 0. The molecular weight excluding hydrogens is 303 g/mol. The van der Waals surface area contributed by atoms with Gasteiger partial charge in [0.15, 0.2) is 0 Å². The maximum Gasteiger partial charge on any atom is 1.00 e. The van der Waals surface area contributed by atoms with E-state index in [-0.39, 0.29) is 71.6 Å². The number of carboxylic acids is 2. The topological polar surface area (TPSA) is 101 Å². The van der Waals surface area contributed by atoms with Crippen molar-refractivity contribution < 1.29 is 82.1 Å². The van der Waals surface area contributed by atoms with Gasteiger partial charge in [0.2, 0.25) is 0 Å². The zero-order valence-electron chi connectivity index (χ0n) is 13.9. The fourth-order valence-electron chi connectivity index (χ4n) is 1.93. The molecule has 0 aromatic heterocycles. The van der Waals surface area contributed by atoms with E-state index < -0.39 is 29.9 Å². The molecule has 2 atom stereocenters. The summed E-state index contributed by atoms with van der Waals surface area (Å²) in [7, 11) is 0. The second kappa shape index (κ2) is 12.3. The van der Waals surface area contributed by atoms with Crippen molar-refractivity contribution in [3.63, 3.8) is 0 Å². The fourth-order valence-corrected chi connectivity index (χ4v) is 1.93. The van der Waals surface area contributed by atoms with Crippen LogP contribution in [-0.4, -0.2) is 34.2 Å². The van der Waals surface area contributed by atoms with Crippen LogP contribution in [0.25, 0.3) is 0 Å². The first-order chi connectivity index (χ1) is 9.29. The Balaban J connectivity index is -0.00000180. The third-order valence-corrected chi connectivity index (χ3v) is 2.95. The van der Waals surface area contributed by atoms with Gasteiger partial charge in [-0.15, -0.1) is 0 Å². The molecule has 6 nitrogen and oxygen atoms in total. The van der Waals surface area contributed by atoms with Crippen LogP contribution in [0.2, 0.25) is 0 Å². The van der Waals surface area contributed by atoms with E-state index in [4.69, 9.17) is 9.84 Å². The van der Waals surface area contributed by atoms with Crippen LogP contribution in [0.4, 0.5) is 0 Å². The van der Waals surface area contributed by atoms with Gasteiger partial charge in [-0.1, -0.05) is 26.8 Å². The Bertz CT molecular complexity index is 372. The number of carboxylic acid groups (broad SMARTS) is 2. The first-order valence-electron chi connectivity index (χ1n) is 6.57. The zero-order chi connectivity index (χ0) is 15.7. The van der Waals surface area contributed by atoms with Crippen molar-refractivity contribution >= 4 is 17.9 Å². The second-order valence-electron chi connectivity index (χ2n) is 4.93. The van der Waals surface area contributed by atoms with E-state index in [1.54, 1.807) is 13.8 Å². The van der Waals surface area contributed by atoms with Gasteiger partial charge in [-0.25, -0.2) is 4.79 Å². The monoisotopic (exact) mass is 326 g/mol. The van der Waals surface area contributed by atoms with Gasteiger partial charge in [-0.05, 0) is 18.8 Å². The molecule has 0 fully saturated rings. The number of aliphatic carboxylic acids is 2. The smallest absolute Gasteiger partial charge is 1.00 e. The number of carbonyl (C=O) groups is 3. The van der Waals surface area contributed by atoms with E-state index in [2.05, 4.69) is 6.58 Å². The van der Waals surface area contributed by atoms with Crippen LogP contribution < -0.4 is 51.4 Å². The van der Waals surface area contributed by atoms with Gasteiger partial charge in [0.1, 0.15) is 6.10 Å². The Hall–Kier alpha value is -0.214. The number of hydrogen-bond acceptors (Lipinski definition) is 4. The Morgan fingerprint density at radius 1 is 1.24 bits per heavy atom. The summed E-state index contributed by atoms with van der Waals surface area (Å²) < 4.78 is 5.11. The third-order valence-electron chi connectivity index (χ3n) is 2.95. The predicted molar refractivity (Wildman–Crippen MR) is 73.3 cm³/mol. The van der Waals surface area contributed by atoms with Gasteiger partial charge < -0.3 is 16.4 Å². The molecule has 0 aliphatic rings. The van der Waals surface area contributed by atoms with Crippen LogP contribution in [0, 0.1) is 11.8 Å². The van der Waals surface area contributed by atoms with Crippen molar-refractivity contribution in [3.05, 3.63) is 12.7 Å². The van der Waals surface area contributed by atoms with Crippen molar-refractivity contribution in [1.82, 2.24) is 0 Å². The van der Waals surface area contributed by atoms with Crippen LogP contribution in [0.15, 0.2) is 12.7 Å². The number of ether oxygens (including phenoxy) is 1. The molecule has 0 aromatic rings. The summed E-state index contributed by atoms with van der Waals surface area (Å²) in [5.74, 6) is -3.60. The van der Waals surface area contributed by atoms with E-state index in [0.29, 0.717) is 12.8 Å². The molecule has 0 aromatic carbocycles. The predicted octanol–water partition coefficient (Wildman–Crippen LogP) is -0.797. The van der Waals surface area contributed by atoms with Crippen LogP contribution in [0.5, 0.6) is 0 Å². The first kappa shape index (κ1) is 23.1. The zero-order valence-corrected chi connectivity index (χ0v) is 16.0. The molecule has 0 bridgehead atoms. The number of rotatable bonds is 10. The summed E-state index contributed by atoms with van der Waals surface area (Å²) in [6.07, 6.45) is 1.39. The number of hydrogen-bond donors (Lipinski definition) is 2. The Morgan fingerprint density at radius 3 is 2.19 bits per heavy atom. The van der Waals surface area contributed by atoms with Crippen molar-refractivity contribution in [2.75, 3.05) is 0 Å². The van der Waals surface area contributed by atoms with Gasteiger partial charge in [0.25, 0.3) is 0 Å². The van der Waals surface area contributed by atoms with Crippen LogP contribution in [-0.2, 0) is 19.1 Å². The quantitative estimate of drug-likeness (QED) is 0.236. The van der Waals surface area contributed by atoms with Crippen LogP contribution in [0.1, 0.15) is 41.0 Å². The molecule has 0 rings (SSSR count). The normalized spacial score (nSPS) is 12.9. The van der Waals surface area contributed by atoms with Crippen molar-refractivity contribution in [1.29, 1.82) is 0 Å². The molecule has 0 amide bonds. The number of carbonyl (C=O) groups excluding carboxylic acids is 1. The van der Waals surface area contributed by atoms with Gasteiger partial charge in [0.05, 0.1) is 5.92 Å². The summed E-state index contributed by atoms with van der Waals surface area (Å²) in [5, 5.41) is 17.8. The van der Waals surface area contributed by atoms with Gasteiger partial charge >= 0.3 is 69.3 Å². The van der Waals surface area contributed by atoms with Gasteiger partial charge in [0, 0.05) is 12.5 Å². The van der Waals surface area contributed by atoms with E-state index >= 15 is 0 Å². The van der Waals surface area contributed by atoms with Gasteiger partial charge in [-0.2, -0.15) is 0 Å². The van der Waals surface area contributed by atoms with Gasteiger partial charge in [-0.3, -0.25) is 9.59 Å². The molecule has 0 saturated carbocycles. The standard InChI is InChI=1S/C14H22O6.K.H/c1-4-12(17)20-13(9(2)3)10(14(18)19)7-5-6-8-11(15)16;;/h4,9-10,13H,1,5-8H2,2-3H3,(H,15,16)(H,18,19);;/q;+1;-1. The minimum atomic E-state index is -1.05. The molecule has 2 N–H and O–H groups in total. The van der Waals surface area contributed by atoms with E-state index in [1.807, 2.05) is 0 Å².